The number of aryl methyl sites for hydroxylation is 1. The van der Waals surface area contributed by atoms with E-state index in [2.05, 4.69) is 10.3 Å². The third-order valence-electron chi connectivity index (χ3n) is 4.76. The second-order valence-corrected chi connectivity index (χ2v) is 8.83. The summed E-state index contributed by atoms with van der Waals surface area (Å²) in [6.07, 6.45) is 1.56. The zero-order valence-electron chi connectivity index (χ0n) is 17.0. The molecular weight excluding hydrogens is 434 g/mol. The second-order valence-electron chi connectivity index (χ2n) is 7.09. The third-order valence-corrected chi connectivity index (χ3v) is 6.05. The lowest BCUT2D eigenvalue weighted by atomic mass is 10.2. The molecule has 4 aromatic rings. The summed E-state index contributed by atoms with van der Waals surface area (Å²) >= 11 is 7.33. The maximum Gasteiger partial charge on any atom is 0.266 e. The number of aromatic nitrogens is 2. The van der Waals surface area contributed by atoms with Gasteiger partial charge < -0.3 is 9.73 Å². The zero-order valence-corrected chi connectivity index (χ0v) is 18.5. The molecule has 0 unspecified atom stereocenters. The first kappa shape index (κ1) is 21.2. The van der Waals surface area contributed by atoms with Crippen molar-refractivity contribution in [3.05, 3.63) is 87.6 Å². The molecular formula is C23H20ClN3O3S. The average molecular weight is 454 g/mol. The fourth-order valence-corrected chi connectivity index (χ4v) is 4.20. The summed E-state index contributed by atoms with van der Waals surface area (Å²) in [5.74, 6) is 0.484. The molecule has 2 heterocycles. The van der Waals surface area contributed by atoms with Crippen LogP contribution in [0.3, 0.4) is 0 Å². The number of thioether (sulfide) groups is 1. The zero-order chi connectivity index (χ0) is 22.0. The maximum absolute atomic E-state index is 13.3. The topological polar surface area (TPSA) is 77.1 Å². The van der Waals surface area contributed by atoms with Crippen molar-refractivity contribution < 1.29 is 9.21 Å². The Labute approximate surface area is 188 Å². The standard InChI is InChI=1S/C23H20ClN3O3S/c1-14-5-8-17(9-6-14)27-22(29)19-10-7-16(24)12-20(19)26-23(27)31-15(2)21(28)25-13-18-4-3-11-30-18/h3-12,15H,13H2,1-2H3,(H,25,28)/t15-/m0/s1. The van der Waals surface area contributed by atoms with Gasteiger partial charge in [-0.25, -0.2) is 4.98 Å². The van der Waals surface area contributed by atoms with Gasteiger partial charge >= 0.3 is 0 Å². The normalized spacial score (nSPS) is 12.1. The van der Waals surface area contributed by atoms with E-state index in [0.29, 0.717) is 39.1 Å². The van der Waals surface area contributed by atoms with Gasteiger partial charge in [0.05, 0.1) is 34.6 Å². The van der Waals surface area contributed by atoms with Crippen molar-refractivity contribution in [1.82, 2.24) is 14.9 Å². The van der Waals surface area contributed by atoms with E-state index < -0.39 is 5.25 Å². The Kier molecular flexibility index (Phi) is 6.15. The molecule has 0 saturated heterocycles. The van der Waals surface area contributed by atoms with Gasteiger partial charge in [0.1, 0.15) is 5.76 Å². The number of carbonyl (C=O) groups excluding carboxylic acids is 1. The minimum atomic E-state index is -0.491. The highest BCUT2D eigenvalue weighted by Gasteiger charge is 2.20. The van der Waals surface area contributed by atoms with Crippen molar-refractivity contribution in [3.63, 3.8) is 0 Å². The van der Waals surface area contributed by atoms with Crippen LogP contribution < -0.4 is 10.9 Å². The molecule has 0 aliphatic rings. The van der Waals surface area contributed by atoms with Crippen molar-refractivity contribution in [1.29, 1.82) is 0 Å². The molecule has 8 heteroatoms. The molecule has 2 aromatic heterocycles. The summed E-state index contributed by atoms with van der Waals surface area (Å²) < 4.78 is 6.79. The number of amides is 1. The van der Waals surface area contributed by atoms with E-state index in [1.807, 2.05) is 31.2 Å². The molecule has 4 rings (SSSR count). The van der Waals surface area contributed by atoms with E-state index in [0.717, 1.165) is 5.56 Å². The fourth-order valence-electron chi connectivity index (χ4n) is 3.08. The number of fused-ring (bicyclic) bond motifs is 1. The van der Waals surface area contributed by atoms with Crippen molar-refractivity contribution >= 4 is 40.2 Å². The van der Waals surface area contributed by atoms with Crippen molar-refractivity contribution in [2.45, 2.75) is 30.8 Å². The number of carbonyl (C=O) groups is 1. The molecule has 2 aromatic carbocycles. The van der Waals surface area contributed by atoms with E-state index in [1.54, 1.807) is 43.5 Å². The van der Waals surface area contributed by atoms with Gasteiger partial charge in [-0.3, -0.25) is 14.2 Å². The number of furan rings is 1. The number of nitrogens with one attached hydrogen (secondary N) is 1. The Morgan fingerprint density at radius 2 is 2.00 bits per heavy atom. The quantitative estimate of drug-likeness (QED) is 0.337. The van der Waals surface area contributed by atoms with Gasteiger partial charge in [-0.1, -0.05) is 41.1 Å². The van der Waals surface area contributed by atoms with Crippen molar-refractivity contribution in [2.75, 3.05) is 0 Å². The monoisotopic (exact) mass is 453 g/mol. The largest absolute Gasteiger partial charge is 0.467 e. The van der Waals surface area contributed by atoms with Crippen LogP contribution in [0, 0.1) is 6.92 Å². The van der Waals surface area contributed by atoms with Crippen LogP contribution in [0.1, 0.15) is 18.2 Å². The number of rotatable bonds is 6. The Morgan fingerprint density at radius 1 is 1.23 bits per heavy atom. The molecule has 0 saturated carbocycles. The van der Waals surface area contributed by atoms with E-state index in [1.165, 1.54) is 16.3 Å². The highest BCUT2D eigenvalue weighted by Crippen LogP contribution is 2.26. The molecule has 6 nitrogen and oxygen atoms in total. The molecule has 0 aliphatic heterocycles. The maximum atomic E-state index is 13.3. The Morgan fingerprint density at radius 3 is 2.71 bits per heavy atom. The summed E-state index contributed by atoms with van der Waals surface area (Å²) in [6, 6.07) is 16.2. The average Bonchev–Trinajstić information content (AvgIpc) is 3.26. The molecule has 0 aliphatic carbocycles. The Balaban J connectivity index is 1.70. The van der Waals surface area contributed by atoms with Crippen molar-refractivity contribution in [2.24, 2.45) is 0 Å². The van der Waals surface area contributed by atoms with Crippen LogP contribution in [-0.4, -0.2) is 20.7 Å². The van der Waals surface area contributed by atoms with E-state index in [4.69, 9.17) is 16.0 Å². The third kappa shape index (κ3) is 4.68. The summed E-state index contributed by atoms with van der Waals surface area (Å²) in [7, 11) is 0. The number of hydrogen-bond donors (Lipinski definition) is 1. The van der Waals surface area contributed by atoms with Gasteiger partial charge in [0.2, 0.25) is 5.91 Å². The van der Waals surface area contributed by atoms with Crippen LogP contribution in [0.5, 0.6) is 0 Å². The van der Waals surface area contributed by atoms with Crippen LogP contribution >= 0.6 is 23.4 Å². The number of nitrogens with zero attached hydrogens (tertiary/aromatic N) is 2. The predicted octanol–water partition coefficient (Wildman–Crippen LogP) is 4.74. The Hall–Kier alpha value is -3.03. The molecule has 1 amide bonds. The first-order valence-corrected chi connectivity index (χ1v) is 10.9. The molecule has 158 valence electrons. The Bertz CT molecular complexity index is 1280. The number of benzene rings is 2. The van der Waals surface area contributed by atoms with Gasteiger partial charge in [-0.15, -0.1) is 0 Å². The van der Waals surface area contributed by atoms with Crippen LogP contribution in [0.4, 0.5) is 0 Å². The van der Waals surface area contributed by atoms with Gasteiger partial charge in [0.25, 0.3) is 5.56 Å². The summed E-state index contributed by atoms with van der Waals surface area (Å²) in [6.45, 7) is 4.05. The minimum Gasteiger partial charge on any atom is -0.467 e. The molecule has 0 fully saturated rings. The minimum absolute atomic E-state index is 0.183. The lowest BCUT2D eigenvalue weighted by Crippen LogP contribution is -2.31. The summed E-state index contributed by atoms with van der Waals surface area (Å²) in [4.78, 5) is 30.6. The van der Waals surface area contributed by atoms with Crippen LogP contribution in [0.2, 0.25) is 5.02 Å². The lowest BCUT2D eigenvalue weighted by Gasteiger charge is -2.16. The first-order chi connectivity index (χ1) is 14.9. The number of halogens is 1. The molecule has 0 bridgehead atoms. The summed E-state index contributed by atoms with van der Waals surface area (Å²) in [5, 5.41) is 3.73. The van der Waals surface area contributed by atoms with E-state index >= 15 is 0 Å². The van der Waals surface area contributed by atoms with Gasteiger partial charge in [-0.05, 0) is 56.3 Å². The number of hydrogen-bond acceptors (Lipinski definition) is 5. The highest BCUT2D eigenvalue weighted by atomic mass is 35.5. The molecule has 1 N–H and O–H groups in total. The first-order valence-electron chi connectivity index (χ1n) is 9.68. The van der Waals surface area contributed by atoms with Crippen LogP contribution in [0.15, 0.2) is 75.2 Å². The summed E-state index contributed by atoms with van der Waals surface area (Å²) in [5.41, 5.74) is 2.05. The molecule has 1 atom stereocenters. The van der Waals surface area contributed by atoms with Gasteiger partial charge in [0.15, 0.2) is 5.16 Å². The fraction of sp³-hybridized carbons (Fsp3) is 0.174. The van der Waals surface area contributed by atoms with Crippen LogP contribution in [0.25, 0.3) is 16.6 Å². The van der Waals surface area contributed by atoms with Gasteiger partial charge in [0, 0.05) is 5.02 Å². The van der Waals surface area contributed by atoms with Gasteiger partial charge in [-0.2, -0.15) is 0 Å². The smallest absolute Gasteiger partial charge is 0.266 e. The van der Waals surface area contributed by atoms with E-state index in [-0.39, 0.29) is 11.5 Å². The van der Waals surface area contributed by atoms with E-state index in [9.17, 15) is 9.59 Å². The molecule has 0 radical (unpaired) electrons. The lowest BCUT2D eigenvalue weighted by molar-refractivity contribution is -0.120. The second kappa shape index (κ2) is 8.99. The SMILES string of the molecule is Cc1ccc(-n2c(S[C@@H](C)C(=O)NCc3ccco3)nc3cc(Cl)ccc3c2=O)cc1. The molecule has 0 spiro atoms. The van der Waals surface area contributed by atoms with Crippen molar-refractivity contribution in [3.8, 4) is 5.69 Å². The predicted molar refractivity (Wildman–Crippen MR) is 123 cm³/mol. The molecule has 31 heavy (non-hydrogen) atoms. The van der Waals surface area contributed by atoms with Crippen LogP contribution in [-0.2, 0) is 11.3 Å². The highest BCUT2D eigenvalue weighted by molar-refractivity contribution is 8.00.